The van der Waals surface area contributed by atoms with Crippen LogP contribution in [0.25, 0.3) is 0 Å². The van der Waals surface area contributed by atoms with Crippen molar-refractivity contribution in [1.82, 2.24) is 9.97 Å². The number of rotatable bonds is 1. The van der Waals surface area contributed by atoms with Gasteiger partial charge in [-0.1, -0.05) is 12.2 Å². The van der Waals surface area contributed by atoms with Crippen molar-refractivity contribution < 1.29 is 0 Å². The molecule has 1 aromatic rings. The zero-order valence-corrected chi connectivity index (χ0v) is 5.62. The van der Waals surface area contributed by atoms with Crippen molar-refractivity contribution in [1.29, 1.82) is 0 Å². The van der Waals surface area contributed by atoms with Crippen molar-refractivity contribution in [2.24, 2.45) is 0 Å². The molecule has 0 spiro atoms. The Balaban J connectivity index is 2.28. The maximum atomic E-state index is 4.12. The van der Waals surface area contributed by atoms with E-state index in [4.69, 9.17) is 0 Å². The van der Waals surface area contributed by atoms with Crippen LogP contribution in [-0.2, 0) is 0 Å². The molecule has 1 heterocycles. The first kappa shape index (κ1) is 5.59. The molecule has 2 heteroatoms. The Morgan fingerprint density at radius 1 is 1.40 bits per heavy atom. The normalized spacial score (nSPS) is 22.8. The first-order valence-electron chi connectivity index (χ1n) is 3.32. The molecule has 1 atom stereocenters. The lowest BCUT2D eigenvalue weighted by Gasteiger charge is -1.90. The predicted octanol–water partition coefficient (Wildman–Crippen LogP) is 1.52. The van der Waals surface area contributed by atoms with Gasteiger partial charge in [0.05, 0.1) is 0 Å². The van der Waals surface area contributed by atoms with Crippen LogP contribution in [0.1, 0.15) is 18.2 Å². The molecule has 0 amide bonds. The van der Waals surface area contributed by atoms with Crippen LogP contribution in [0.3, 0.4) is 0 Å². The number of allylic oxidation sites excluding steroid dienone is 1. The number of nitrogens with zero attached hydrogens (tertiary/aromatic N) is 2. The second-order valence-electron chi connectivity index (χ2n) is 2.52. The van der Waals surface area contributed by atoms with Crippen LogP contribution in [-0.4, -0.2) is 9.97 Å². The third-order valence-electron chi connectivity index (χ3n) is 1.70. The van der Waals surface area contributed by atoms with E-state index in [1.54, 1.807) is 12.4 Å². The van der Waals surface area contributed by atoms with Crippen molar-refractivity contribution in [3.8, 4) is 0 Å². The van der Waals surface area contributed by atoms with Crippen LogP contribution in [0.2, 0.25) is 0 Å². The summed E-state index contributed by atoms with van der Waals surface area (Å²) in [7, 11) is 0. The predicted molar refractivity (Wildman–Crippen MR) is 38.5 cm³/mol. The van der Waals surface area contributed by atoms with E-state index in [1.807, 2.05) is 6.07 Å². The van der Waals surface area contributed by atoms with E-state index in [1.165, 1.54) is 5.57 Å². The minimum atomic E-state index is 0.459. The largest absolute Gasteiger partial charge is 0.241 e. The van der Waals surface area contributed by atoms with Gasteiger partial charge < -0.3 is 0 Å². The zero-order chi connectivity index (χ0) is 6.97. The summed E-state index contributed by atoms with van der Waals surface area (Å²) in [6.45, 7) is 3.84. The molecule has 1 fully saturated rings. The molecule has 0 N–H and O–H groups in total. The van der Waals surface area contributed by atoms with Gasteiger partial charge in [-0.15, -0.1) is 0 Å². The summed E-state index contributed by atoms with van der Waals surface area (Å²) in [4.78, 5) is 8.24. The second-order valence-corrected chi connectivity index (χ2v) is 2.52. The van der Waals surface area contributed by atoms with E-state index >= 15 is 0 Å². The molecule has 1 aliphatic rings. The lowest BCUT2D eigenvalue weighted by atomic mass is 10.4. The summed E-state index contributed by atoms with van der Waals surface area (Å²) in [5.41, 5.74) is 1.26. The SMILES string of the molecule is C=C1CC1c1ncccn1. The fourth-order valence-corrected chi connectivity index (χ4v) is 0.968. The zero-order valence-electron chi connectivity index (χ0n) is 5.62. The minimum absolute atomic E-state index is 0.459. The van der Waals surface area contributed by atoms with Crippen LogP contribution in [0.5, 0.6) is 0 Å². The molecule has 1 saturated carbocycles. The highest BCUT2D eigenvalue weighted by Gasteiger charge is 2.31. The topological polar surface area (TPSA) is 25.8 Å². The average Bonchev–Trinajstić information content (AvgIpc) is 2.69. The Morgan fingerprint density at radius 2 is 2.00 bits per heavy atom. The van der Waals surface area contributed by atoms with Crippen LogP contribution in [0.4, 0.5) is 0 Å². The minimum Gasteiger partial charge on any atom is -0.241 e. The fraction of sp³-hybridized carbons (Fsp3) is 0.250. The molecule has 0 aliphatic heterocycles. The lowest BCUT2D eigenvalue weighted by molar-refractivity contribution is 0.944. The highest BCUT2D eigenvalue weighted by Crippen LogP contribution is 2.43. The van der Waals surface area contributed by atoms with Gasteiger partial charge in [0.15, 0.2) is 0 Å². The third kappa shape index (κ3) is 0.817. The maximum absolute atomic E-state index is 4.12. The van der Waals surface area contributed by atoms with Gasteiger partial charge in [-0.05, 0) is 12.5 Å². The molecule has 0 saturated heterocycles. The molecule has 0 bridgehead atoms. The molecular formula is C8H8N2. The van der Waals surface area contributed by atoms with Gasteiger partial charge in [-0.25, -0.2) is 9.97 Å². The van der Waals surface area contributed by atoms with Crippen molar-refractivity contribution >= 4 is 0 Å². The Hall–Kier alpha value is -1.18. The third-order valence-corrected chi connectivity index (χ3v) is 1.70. The molecule has 0 aromatic carbocycles. The van der Waals surface area contributed by atoms with Gasteiger partial charge >= 0.3 is 0 Å². The Labute approximate surface area is 59.6 Å². The van der Waals surface area contributed by atoms with Gasteiger partial charge in [0.1, 0.15) is 5.82 Å². The average molecular weight is 132 g/mol. The van der Waals surface area contributed by atoms with Gasteiger partial charge in [0, 0.05) is 18.3 Å². The summed E-state index contributed by atoms with van der Waals surface area (Å²) >= 11 is 0. The highest BCUT2D eigenvalue weighted by atomic mass is 14.9. The first-order valence-corrected chi connectivity index (χ1v) is 3.32. The molecular weight excluding hydrogens is 124 g/mol. The van der Waals surface area contributed by atoms with Crippen molar-refractivity contribution in [3.63, 3.8) is 0 Å². The lowest BCUT2D eigenvalue weighted by Crippen LogP contribution is -1.88. The van der Waals surface area contributed by atoms with Crippen molar-refractivity contribution in [3.05, 3.63) is 36.4 Å². The standard InChI is InChI=1S/C8H8N2/c1-6-5-7(6)8-9-3-2-4-10-8/h2-4,7H,1,5H2. The first-order chi connectivity index (χ1) is 4.88. The molecule has 1 aliphatic carbocycles. The van der Waals surface area contributed by atoms with Gasteiger partial charge in [0.2, 0.25) is 0 Å². The Bertz CT molecular complexity index is 253. The molecule has 50 valence electrons. The fourth-order valence-electron chi connectivity index (χ4n) is 0.968. The maximum Gasteiger partial charge on any atom is 0.135 e. The molecule has 2 nitrogen and oxygen atoms in total. The summed E-state index contributed by atoms with van der Waals surface area (Å²) in [5, 5.41) is 0. The van der Waals surface area contributed by atoms with Gasteiger partial charge in [-0.2, -0.15) is 0 Å². The highest BCUT2D eigenvalue weighted by molar-refractivity contribution is 5.31. The van der Waals surface area contributed by atoms with Gasteiger partial charge in [-0.3, -0.25) is 0 Å². The van der Waals surface area contributed by atoms with Crippen LogP contribution < -0.4 is 0 Å². The van der Waals surface area contributed by atoms with E-state index in [0.717, 1.165) is 12.2 Å². The monoisotopic (exact) mass is 132 g/mol. The quantitative estimate of drug-likeness (QED) is 0.541. The summed E-state index contributed by atoms with van der Waals surface area (Å²) in [5.74, 6) is 1.38. The molecule has 2 rings (SSSR count). The number of hydrogen-bond donors (Lipinski definition) is 0. The summed E-state index contributed by atoms with van der Waals surface area (Å²) < 4.78 is 0. The Morgan fingerprint density at radius 3 is 2.50 bits per heavy atom. The van der Waals surface area contributed by atoms with E-state index in [-0.39, 0.29) is 0 Å². The van der Waals surface area contributed by atoms with E-state index in [9.17, 15) is 0 Å². The smallest absolute Gasteiger partial charge is 0.135 e. The van der Waals surface area contributed by atoms with Gasteiger partial charge in [0.25, 0.3) is 0 Å². The number of hydrogen-bond acceptors (Lipinski definition) is 2. The summed E-state index contributed by atoms with van der Waals surface area (Å²) in [6, 6.07) is 1.83. The van der Waals surface area contributed by atoms with E-state index < -0.39 is 0 Å². The van der Waals surface area contributed by atoms with E-state index in [0.29, 0.717) is 5.92 Å². The Kier molecular flexibility index (Phi) is 1.07. The van der Waals surface area contributed by atoms with Crippen molar-refractivity contribution in [2.75, 3.05) is 0 Å². The second kappa shape index (κ2) is 1.90. The molecule has 0 radical (unpaired) electrons. The van der Waals surface area contributed by atoms with Crippen LogP contribution in [0.15, 0.2) is 30.6 Å². The van der Waals surface area contributed by atoms with Crippen molar-refractivity contribution in [2.45, 2.75) is 12.3 Å². The molecule has 1 aromatic heterocycles. The molecule has 1 unspecified atom stereocenters. The van der Waals surface area contributed by atoms with E-state index in [2.05, 4.69) is 16.5 Å². The van der Waals surface area contributed by atoms with Crippen LogP contribution in [0, 0.1) is 0 Å². The number of aromatic nitrogens is 2. The molecule has 10 heavy (non-hydrogen) atoms. The van der Waals surface area contributed by atoms with Crippen LogP contribution >= 0.6 is 0 Å². The summed E-state index contributed by atoms with van der Waals surface area (Å²) in [6.07, 6.45) is 4.62.